The third kappa shape index (κ3) is 6.41. The zero-order valence-corrected chi connectivity index (χ0v) is 19.8. The highest BCUT2D eigenvalue weighted by Gasteiger charge is 2.33. The van der Waals surface area contributed by atoms with Crippen LogP contribution in [0, 0.1) is 0 Å². The number of amides is 6. The van der Waals surface area contributed by atoms with Crippen molar-refractivity contribution in [2.45, 2.75) is 77.8 Å². The van der Waals surface area contributed by atoms with E-state index in [0.717, 1.165) is 9.80 Å². The quantitative estimate of drug-likeness (QED) is 0.323. The summed E-state index contributed by atoms with van der Waals surface area (Å²) >= 11 is 0. The first-order valence-corrected chi connectivity index (χ1v) is 10.4. The van der Waals surface area contributed by atoms with Crippen LogP contribution in [0.5, 0.6) is 0 Å². The molecule has 1 rings (SSSR count). The van der Waals surface area contributed by atoms with E-state index in [1.54, 1.807) is 0 Å². The van der Waals surface area contributed by atoms with Crippen LogP contribution >= 0.6 is 0 Å². The van der Waals surface area contributed by atoms with Gasteiger partial charge in [0.2, 0.25) is 35.4 Å². The molecule has 0 unspecified atom stereocenters. The van der Waals surface area contributed by atoms with Gasteiger partial charge in [-0.25, -0.2) is 0 Å². The number of carbonyl (C=O) groups excluding carboxylic acids is 6. The fourth-order valence-corrected chi connectivity index (χ4v) is 2.94. The van der Waals surface area contributed by atoms with Crippen molar-refractivity contribution in [3.05, 3.63) is 0 Å². The van der Waals surface area contributed by atoms with Gasteiger partial charge in [0.15, 0.2) is 0 Å². The van der Waals surface area contributed by atoms with Crippen LogP contribution in [0.25, 0.3) is 0 Å². The van der Waals surface area contributed by atoms with E-state index in [-0.39, 0.29) is 0 Å². The minimum atomic E-state index is -0.982. The van der Waals surface area contributed by atoms with Crippen molar-refractivity contribution in [2.75, 3.05) is 14.1 Å². The number of carbonyl (C=O) groups is 6. The van der Waals surface area contributed by atoms with E-state index in [1.807, 2.05) is 0 Å². The van der Waals surface area contributed by atoms with Gasteiger partial charge < -0.3 is 31.1 Å². The van der Waals surface area contributed by atoms with Gasteiger partial charge in [-0.3, -0.25) is 28.8 Å². The van der Waals surface area contributed by atoms with Crippen LogP contribution in [0.1, 0.15) is 41.5 Å². The fraction of sp³-hybridized carbons (Fsp3) is 0.700. The molecule has 1 heterocycles. The lowest BCUT2D eigenvalue weighted by Crippen LogP contribution is -2.59. The predicted octanol–water partition coefficient (Wildman–Crippen LogP) is -2.29. The summed E-state index contributed by atoms with van der Waals surface area (Å²) in [5.74, 6) is -3.39. The van der Waals surface area contributed by atoms with Gasteiger partial charge in [-0.2, -0.15) is 0 Å². The van der Waals surface area contributed by atoms with Crippen LogP contribution in [0.3, 0.4) is 0 Å². The summed E-state index contributed by atoms with van der Waals surface area (Å²) in [4.78, 5) is 77.6. The molecule has 0 aromatic rings. The monoisotopic (exact) mass is 454 g/mol. The van der Waals surface area contributed by atoms with Gasteiger partial charge in [0, 0.05) is 14.1 Å². The Bertz CT molecular complexity index is 787. The van der Waals surface area contributed by atoms with Gasteiger partial charge in [-0.1, -0.05) is 0 Å². The highest BCUT2D eigenvalue weighted by Crippen LogP contribution is 2.05. The van der Waals surface area contributed by atoms with E-state index in [0.29, 0.717) is 0 Å². The van der Waals surface area contributed by atoms with E-state index in [2.05, 4.69) is 21.3 Å². The summed E-state index contributed by atoms with van der Waals surface area (Å²) in [6.07, 6.45) is 0. The zero-order valence-electron chi connectivity index (χ0n) is 19.8. The highest BCUT2D eigenvalue weighted by atomic mass is 16.2. The minimum absolute atomic E-state index is 0.519. The summed E-state index contributed by atoms with van der Waals surface area (Å²) in [6.45, 7) is 8.77. The fourth-order valence-electron chi connectivity index (χ4n) is 2.94. The highest BCUT2D eigenvalue weighted by molar-refractivity contribution is 5.97. The molecule has 32 heavy (non-hydrogen) atoms. The van der Waals surface area contributed by atoms with Gasteiger partial charge in [-0.05, 0) is 41.5 Å². The first-order chi connectivity index (χ1) is 14.7. The summed E-state index contributed by atoms with van der Waals surface area (Å²) in [5.41, 5.74) is 0. The normalized spacial score (nSPS) is 32.4. The number of likely N-dealkylation sites (N-methyl/N-ethyl adjacent to an activating group) is 2. The maximum absolute atomic E-state index is 12.7. The first kappa shape index (κ1) is 26.9. The lowest BCUT2D eigenvalue weighted by molar-refractivity contribution is -0.144. The van der Waals surface area contributed by atoms with E-state index < -0.39 is 71.7 Å². The first-order valence-electron chi connectivity index (χ1n) is 10.4. The smallest absolute Gasteiger partial charge is 0.245 e. The van der Waals surface area contributed by atoms with Crippen LogP contribution < -0.4 is 21.3 Å². The molecule has 0 saturated carbocycles. The Balaban J connectivity index is 3.21. The molecule has 0 aromatic carbocycles. The Morgan fingerprint density at radius 3 is 1.06 bits per heavy atom. The molecule has 12 heteroatoms. The molecule has 6 atom stereocenters. The second kappa shape index (κ2) is 10.9. The van der Waals surface area contributed by atoms with Crippen LogP contribution in [-0.2, 0) is 28.8 Å². The maximum Gasteiger partial charge on any atom is 0.245 e. The average molecular weight is 455 g/mol. The van der Waals surface area contributed by atoms with Crippen molar-refractivity contribution in [1.82, 2.24) is 31.1 Å². The van der Waals surface area contributed by atoms with Crippen LogP contribution in [0.2, 0.25) is 0 Å². The second-order valence-electron chi connectivity index (χ2n) is 8.17. The Morgan fingerprint density at radius 1 is 0.469 bits per heavy atom. The van der Waals surface area contributed by atoms with Gasteiger partial charge in [0.1, 0.15) is 36.3 Å². The Hall–Kier alpha value is -3.18. The molecule has 0 aromatic heterocycles. The summed E-state index contributed by atoms with van der Waals surface area (Å²) in [7, 11) is 2.82. The standard InChI is InChI=1S/C20H34N6O6/c1-9-16(28)23-11(3)19(31)26(8)14(6)18(30)24-12(4)20(32)25(7)13(5)17(29)22-10(2)15(27)21-9/h9-14H,1-8H3,(H,21,27)(H,22,29)(H,23,28)(H,24,30)/t9-,10-,11-,12-,13+,14-/m0/s1. The summed E-state index contributed by atoms with van der Waals surface area (Å²) in [6, 6.07) is -5.76. The van der Waals surface area contributed by atoms with Crippen LogP contribution in [-0.4, -0.2) is 95.6 Å². The second-order valence-corrected chi connectivity index (χ2v) is 8.17. The Kier molecular flexibility index (Phi) is 9.16. The number of nitrogens with one attached hydrogen (secondary N) is 4. The lowest BCUT2D eigenvalue weighted by Gasteiger charge is -2.31. The van der Waals surface area contributed by atoms with Gasteiger partial charge in [0.25, 0.3) is 0 Å². The summed E-state index contributed by atoms with van der Waals surface area (Å²) < 4.78 is 0. The molecule has 0 spiro atoms. The van der Waals surface area contributed by atoms with Crippen LogP contribution in [0.4, 0.5) is 0 Å². The number of hydrogen-bond acceptors (Lipinski definition) is 6. The number of nitrogens with zero attached hydrogens (tertiary/aromatic N) is 2. The predicted molar refractivity (Wildman–Crippen MR) is 115 cm³/mol. The Labute approximate surface area is 187 Å². The maximum atomic E-state index is 12.7. The van der Waals surface area contributed by atoms with Crippen LogP contribution in [0.15, 0.2) is 0 Å². The van der Waals surface area contributed by atoms with Crippen molar-refractivity contribution < 1.29 is 28.8 Å². The number of rotatable bonds is 0. The van der Waals surface area contributed by atoms with Gasteiger partial charge in [-0.15, -0.1) is 0 Å². The molecule has 180 valence electrons. The molecular formula is C20H34N6O6. The molecule has 4 N–H and O–H groups in total. The topological polar surface area (TPSA) is 157 Å². The molecule has 0 aliphatic carbocycles. The van der Waals surface area contributed by atoms with Gasteiger partial charge >= 0.3 is 0 Å². The van der Waals surface area contributed by atoms with E-state index in [4.69, 9.17) is 0 Å². The van der Waals surface area contributed by atoms with Crippen molar-refractivity contribution in [3.8, 4) is 0 Å². The lowest BCUT2D eigenvalue weighted by atomic mass is 10.1. The third-order valence-corrected chi connectivity index (χ3v) is 5.58. The van der Waals surface area contributed by atoms with E-state index in [9.17, 15) is 28.8 Å². The summed E-state index contributed by atoms with van der Waals surface area (Å²) in [5, 5.41) is 10.0. The van der Waals surface area contributed by atoms with Crippen molar-refractivity contribution in [2.24, 2.45) is 0 Å². The minimum Gasteiger partial charge on any atom is -0.343 e. The molecule has 1 saturated heterocycles. The molecule has 1 fully saturated rings. The zero-order chi connectivity index (χ0) is 24.9. The average Bonchev–Trinajstić information content (AvgIpc) is 2.74. The van der Waals surface area contributed by atoms with Gasteiger partial charge in [0.05, 0.1) is 0 Å². The SMILES string of the molecule is C[C@@H]1NC(=O)[C@H](C)NC(=O)[C@@H](C)N(C)C(=O)[C@H](C)NC(=O)[C@H](C)N(C)C(=O)[C@H](C)NC1=O. The molecular weight excluding hydrogens is 420 g/mol. The molecule has 0 bridgehead atoms. The molecule has 1 aliphatic heterocycles. The molecule has 12 nitrogen and oxygen atoms in total. The van der Waals surface area contributed by atoms with E-state index in [1.165, 1.54) is 55.6 Å². The van der Waals surface area contributed by atoms with Crippen molar-refractivity contribution in [3.63, 3.8) is 0 Å². The van der Waals surface area contributed by atoms with Crippen molar-refractivity contribution >= 4 is 35.4 Å². The number of hydrogen-bond donors (Lipinski definition) is 4. The molecule has 6 amide bonds. The van der Waals surface area contributed by atoms with Crippen molar-refractivity contribution in [1.29, 1.82) is 0 Å². The molecule has 0 radical (unpaired) electrons. The largest absolute Gasteiger partial charge is 0.343 e. The Morgan fingerprint density at radius 2 is 0.719 bits per heavy atom. The third-order valence-electron chi connectivity index (χ3n) is 5.58. The van der Waals surface area contributed by atoms with E-state index >= 15 is 0 Å². The molecule has 1 aliphatic rings.